The van der Waals surface area contributed by atoms with Gasteiger partial charge in [-0.25, -0.2) is 0 Å². The van der Waals surface area contributed by atoms with E-state index in [1.54, 1.807) is 30.3 Å². The molecule has 0 saturated heterocycles. The fourth-order valence-corrected chi connectivity index (χ4v) is 3.08. The predicted octanol–water partition coefficient (Wildman–Crippen LogP) is 5.39. The standard InChI is InChI=1S/C16H12Cl3NO/c17-10-1-3-13(4-2-10)20-16(21)15-8-14(15)9-5-11(18)7-12(19)6-9/h1-7,14-15H,8H2,(H,20,21)/t14-,15+/m0/s1. The zero-order valence-corrected chi connectivity index (χ0v) is 13.2. The Bertz CT molecular complexity index is 664. The fraction of sp³-hybridized carbons (Fsp3) is 0.188. The van der Waals surface area contributed by atoms with Crippen LogP contribution < -0.4 is 5.32 Å². The quantitative estimate of drug-likeness (QED) is 0.797. The van der Waals surface area contributed by atoms with Gasteiger partial charge in [0.15, 0.2) is 0 Å². The van der Waals surface area contributed by atoms with Gasteiger partial charge in [0, 0.05) is 26.7 Å². The summed E-state index contributed by atoms with van der Waals surface area (Å²) in [4.78, 5) is 12.2. The second-order valence-electron chi connectivity index (χ2n) is 5.15. The van der Waals surface area contributed by atoms with Gasteiger partial charge in [0.1, 0.15) is 0 Å². The van der Waals surface area contributed by atoms with Crippen LogP contribution in [0.3, 0.4) is 0 Å². The molecule has 1 saturated carbocycles. The van der Waals surface area contributed by atoms with E-state index in [1.165, 1.54) is 0 Å². The number of hydrogen-bond donors (Lipinski definition) is 1. The third kappa shape index (κ3) is 3.52. The van der Waals surface area contributed by atoms with E-state index in [0.29, 0.717) is 15.1 Å². The minimum absolute atomic E-state index is 0.0124. The summed E-state index contributed by atoms with van der Waals surface area (Å²) < 4.78 is 0. The molecule has 0 aliphatic heterocycles. The molecule has 2 nitrogen and oxygen atoms in total. The first-order valence-corrected chi connectivity index (χ1v) is 7.69. The SMILES string of the molecule is O=C(Nc1ccc(Cl)cc1)[C@@H]1C[C@H]1c1cc(Cl)cc(Cl)c1. The van der Waals surface area contributed by atoms with Gasteiger partial charge in [-0.3, -0.25) is 4.79 Å². The molecule has 1 N–H and O–H groups in total. The van der Waals surface area contributed by atoms with E-state index in [1.807, 2.05) is 12.1 Å². The molecule has 21 heavy (non-hydrogen) atoms. The summed E-state index contributed by atoms with van der Waals surface area (Å²) in [5, 5.41) is 4.74. The van der Waals surface area contributed by atoms with Crippen LogP contribution in [0.1, 0.15) is 17.9 Å². The number of amides is 1. The molecule has 0 bridgehead atoms. The van der Waals surface area contributed by atoms with Crippen molar-refractivity contribution in [3.8, 4) is 0 Å². The Balaban J connectivity index is 1.67. The Morgan fingerprint density at radius 3 is 2.19 bits per heavy atom. The number of rotatable bonds is 3. The van der Waals surface area contributed by atoms with E-state index in [4.69, 9.17) is 34.8 Å². The molecule has 3 rings (SSSR count). The number of hydrogen-bond acceptors (Lipinski definition) is 1. The van der Waals surface area contributed by atoms with Crippen LogP contribution in [0.25, 0.3) is 0 Å². The van der Waals surface area contributed by atoms with Crippen molar-refractivity contribution in [1.29, 1.82) is 0 Å². The summed E-state index contributed by atoms with van der Waals surface area (Å²) >= 11 is 17.8. The van der Waals surface area contributed by atoms with Gasteiger partial charge in [-0.05, 0) is 60.4 Å². The molecule has 5 heteroatoms. The predicted molar refractivity (Wildman–Crippen MR) is 87.4 cm³/mol. The van der Waals surface area contributed by atoms with Crippen molar-refractivity contribution < 1.29 is 4.79 Å². The molecular formula is C16H12Cl3NO. The summed E-state index contributed by atoms with van der Waals surface area (Å²) in [5.41, 5.74) is 1.77. The van der Waals surface area contributed by atoms with Gasteiger partial charge < -0.3 is 5.32 Å². The highest BCUT2D eigenvalue weighted by Gasteiger charge is 2.44. The first-order valence-electron chi connectivity index (χ1n) is 6.55. The largest absolute Gasteiger partial charge is 0.326 e. The maximum absolute atomic E-state index is 12.2. The van der Waals surface area contributed by atoms with Crippen molar-refractivity contribution in [3.05, 3.63) is 63.1 Å². The molecule has 0 spiro atoms. The van der Waals surface area contributed by atoms with Crippen LogP contribution in [-0.4, -0.2) is 5.91 Å². The number of anilines is 1. The topological polar surface area (TPSA) is 29.1 Å². The monoisotopic (exact) mass is 339 g/mol. The fourth-order valence-electron chi connectivity index (χ4n) is 2.41. The lowest BCUT2D eigenvalue weighted by atomic mass is 10.1. The van der Waals surface area contributed by atoms with Crippen LogP contribution in [0, 0.1) is 5.92 Å². The molecule has 0 radical (unpaired) electrons. The van der Waals surface area contributed by atoms with Crippen LogP contribution in [-0.2, 0) is 4.79 Å². The first-order chi connectivity index (χ1) is 10.0. The van der Waals surface area contributed by atoms with Gasteiger partial charge in [0.2, 0.25) is 5.91 Å². The Kier molecular flexibility index (Phi) is 4.12. The lowest BCUT2D eigenvalue weighted by Gasteiger charge is -2.06. The van der Waals surface area contributed by atoms with Gasteiger partial charge in [0.25, 0.3) is 0 Å². The molecule has 1 amide bonds. The Labute approximate surface area is 138 Å². The van der Waals surface area contributed by atoms with Gasteiger partial charge >= 0.3 is 0 Å². The van der Waals surface area contributed by atoms with Crippen molar-refractivity contribution in [3.63, 3.8) is 0 Å². The first kappa shape index (κ1) is 14.7. The van der Waals surface area contributed by atoms with Gasteiger partial charge in [-0.2, -0.15) is 0 Å². The third-order valence-electron chi connectivity index (χ3n) is 3.55. The minimum Gasteiger partial charge on any atom is -0.326 e. The molecular weight excluding hydrogens is 329 g/mol. The maximum Gasteiger partial charge on any atom is 0.228 e. The average Bonchev–Trinajstić information content (AvgIpc) is 3.20. The summed E-state index contributed by atoms with van der Waals surface area (Å²) in [6.07, 6.45) is 0.816. The van der Waals surface area contributed by atoms with Crippen LogP contribution in [0.2, 0.25) is 15.1 Å². The molecule has 0 aromatic heterocycles. The molecule has 2 atom stereocenters. The molecule has 0 heterocycles. The van der Waals surface area contributed by atoms with Crippen molar-refractivity contribution in [2.24, 2.45) is 5.92 Å². The highest BCUT2D eigenvalue weighted by Crippen LogP contribution is 2.49. The summed E-state index contributed by atoms with van der Waals surface area (Å²) in [6.45, 7) is 0. The molecule has 108 valence electrons. The van der Waals surface area contributed by atoms with E-state index in [2.05, 4.69) is 5.32 Å². The average molecular weight is 341 g/mol. The number of halogens is 3. The highest BCUT2D eigenvalue weighted by atomic mass is 35.5. The normalized spacial score (nSPS) is 20.1. The number of carbonyl (C=O) groups excluding carboxylic acids is 1. The molecule has 1 aliphatic rings. The van der Waals surface area contributed by atoms with Crippen LogP contribution >= 0.6 is 34.8 Å². The lowest BCUT2D eigenvalue weighted by Crippen LogP contribution is -2.14. The van der Waals surface area contributed by atoms with E-state index in [0.717, 1.165) is 17.7 Å². The van der Waals surface area contributed by atoms with Crippen molar-refractivity contribution in [2.75, 3.05) is 5.32 Å². The third-order valence-corrected chi connectivity index (χ3v) is 4.24. The second-order valence-corrected chi connectivity index (χ2v) is 6.46. The summed E-state index contributed by atoms with van der Waals surface area (Å²) in [6, 6.07) is 12.5. The smallest absolute Gasteiger partial charge is 0.228 e. The van der Waals surface area contributed by atoms with Crippen LogP contribution in [0.15, 0.2) is 42.5 Å². The van der Waals surface area contributed by atoms with Crippen molar-refractivity contribution in [1.82, 2.24) is 0 Å². The number of carbonyl (C=O) groups is 1. The Morgan fingerprint density at radius 2 is 1.57 bits per heavy atom. The molecule has 0 unspecified atom stereocenters. The zero-order chi connectivity index (χ0) is 15.0. The lowest BCUT2D eigenvalue weighted by molar-refractivity contribution is -0.117. The molecule has 1 aliphatic carbocycles. The van der Waals surface area contributed by atoms with Crippen LogP contribution in [0.5, 0.6) is 0 Å². The zero-order valence-electron chi connectivity index (χ0n) is 10.9. The van der Waals surface area contributed by atoms with E-state index in [9.17, 15) is 4.79 Å². The molecule has 2 aromatic carbocycles. The van der Waals surface area contributed by atoms with Crippen molar-refractivity contribution in [2.45, 2.75) is 12.3 Å². The summed E-state index contributed by atoms with van der Waals surface area (Å²) in [7, 11) is 0. The Morgan fingerprint density at radius 1 is 0.952 bits per heavy atom. The highest BCUT2D eigenvalue weighted by molar-refractivity contribution is 6.34. The van der Waals surface area contributed by atoms with E-state index < -0.39 is 0 Å². The summed E-state index contributed by atoms with van der Waals surface area (Å²) in [5.74, 6) is 0.169. The number of nitrogens with one attached hydrogen (secondary N) is 1. The maximum atomic E-state index is 12.2. The van der Waals surface area contributed by atoms with Gasteiger partial charge in [-0.1, -0.05) is 34.8 Å². The molecule has 1 fully saturated rings. The molecule has 2 aromatic rings. The van der Waals surface area contributed by atoms with Crippen molar-refractivity contribution >= 4 is 46.4 Å². The Hall–Kier alpha value is -1.22. The van der Waals surface area contributed by atoms with Gasteiger partial charge in [-0.15, -0.1) is 0 Å². The van der Waals surface area contributed by atoms with E-state index >= 15 is 0 Å². The van der Waals surface area contributed by atoms with Crippen LogP contribution in [0.4, 0.5) is 5.69 Å². The van der Waals surface area contributed by atoms with Gasteiger partial charge in [0.05, 0.1) is 0 Å². The number of benzene rings is 2. The minimum atomic E-state index is -0.0322. The second kappa shape index (κ2) is 5.88. The van der Waals surface area contributed by atoms with E-state index in [-0.39, 0.29) is 17.7 Å².